The first-order valence-corrected chi connectivity index (χ1v) is 4.40. The van der Waals surface area contributed by atoms with Crippen LogP contribution < -0.4 is 0 Å². The average Bonchev–Trinajstić information content (AvgIpc) is 2.91. The van der Waals surface area contributed by atoms with Gasteiger partial charge in [-0.2, -0.15) is 0 Å². The maximum absolute atomic E-state index is 13.2. The molecule has 0 nitrogen and oxygen atoms in total. The summed E-state index contributed by atoms with van der Waals surface area (Å²) in [5.74, 6) is -9.23. The Bertz CT molecular complexity index is 405. The van der Waals surface area contributed by atoms with Crippen LogP contribution in [-0.4, -0.2) is 0 Å². The van der Waals surface area contributed by atoms with Crippen LogP contribution in [-0.2, 0) is 5.41 Å². The molecule has 0 atom stereocenters. The second-order valence-electron chi connectivity index (χ2n) is 4.01. The molecule has 0 amide bonds. The van der Waals surface area contributed by atoms with E-state index < -0.39 is 40.1 Å². The Morgan fingerprint density at radius 2 is 1.07 bits per heavy atom. The lowest BCUT2D eigenvalue weighted by Crippen LogP contribution is -2.13. The maximum Gasteiger partial charge on any atom is 0.200 e. The van der Waals surface area contributed by atoms with Crippen molar-refractivity contribution in [3.63, 3.8) is 0 Å². The van der Waals surface area contributed by atoms with E-state index in [9.17, 15) is 22.0 Å². The number of hydrogen-bond acceptors (Lipinski definition) is 0. The predicted molar refractivity (Wildman–Crippen MR) is 42.8 cm³/mol. The standard InChI is InChI=1S/C10H7F5/c1-10(2-3-10)4-5(11)7(13)9(15)8(14)6(4)12/h2-3H2,1H3. The zero-order valence-corrected chi connectivity index (χ0v) is 7.80. The quantitative estimate of drug-likeness (QED) is 0.388. The lowest BCUT2D eigenvalue weighted by atomic mass is 9.96. The van der Waals surface area contributed by atoms with Crippen LogP contribution in [0, 0.1) is 29.1 Å². The molecular weight excluding hydrogens is 215 g/mol. The molecule has 0 spiro atoms. The van der Waals surface area contributed by atoms with Gasteiger partial charge in [-0.15, -0.1) is 0 Å². The zero-order chi connectivity index (χ0) is 11.4. The Morgan fingerprint density at radius 3 is 1.40 bits per heavy atom. The van der Waals surface area contributed by atoms with Gasteiger partial charge in [0, 0.05) is 5.56 Å². The van der Waals surface area contributed by atoms with E-state index in [1.807, 2.05) is 0 Å². The summed E-state index contributed by atoms with van der Waals surface area (Å²) in [5, 5.41) is 0. The van der Waals surface area contributed by atoms with Crippen molar-refractivity contribution in [1.82, 2.24) is 0 Å². The molecule has 0 aromatic heterocycles. The molecule has 5 heteroatoms. The Labute approximate surface area is 82.7 Å². The minimum Gasteiger partial charge on any atom is -0.203 e. The van der Waals surface area contributed by atoms with E-state index in [0.29, 0.717) is 12.8 Å². The summed E-state index contributed by atoms with van der Waals surface area (Å²) in [5.41, 5.74) is -1.58. The molecule has 0 unspecified atom stereocenters. The number of benzene rings is 1. The summed E-state index contributed by atoms with van der Waals surface area (Å²) in [4.78, 5) is 0. The molecule has 0 N–H and O–H groups in total. The first-order chi connectivity index (χ1) is 6.88. The Balaban J connectivity index is 2.74. The normalized spacial score (nSPS) is 18.0. The van der Waals surface area contributed by atoms with Gasteiger partial charge in [0.05, 0.1) is 0 Å². The van der Waals surface area contributed by atoms with Gasteiger partial charge in [-0.05, 0) is 18.3 Å². The molecule has 0 saturated heterocycles. The molecule has 0 heterocycles. The van der Waals surface area contributed by atoms with Crippen molar-refractivity contribution in [2.45, 2.75) is 25.2 Å². The summed E-state index contributed by atoms with van der Waals surface area (Å²) < 4.78 is 64.7. The van der Waals surface area contributed by atoms with Gasteiger partial charge in [0.2, 0.25) is 5.82 Å². The second kappa shape index (κ2) is 2.93. The first kappa shape index (κ1) is 10.4. The van der Waals surface area contributed by atoms with Crippen molar-refractivity contribution in [1.29, 1.82) is 0 Å². The van der Waals surface area contributed by atoms with Gasteiger partial charge in [-0.1, -0.05) is 6.92 Å². The van der Waals surface area contributed by atoms with Crippen LogP contribution in [0.4, 0.5) is 22.0 Å². The molecule has 0 aliphatic heterocycles. The second-order valence-corrected chi connectivity index (χ2v) is 4.01. The van der Waals surface area contributed by atoms with Gasteiger partial charge < -0.3 is 0 Å². The minimum atomic E-state index is -2.10. The molecule has 1 aromatic rings. The molecular formula is C10H7F5. The SMILES string of the molecule is CC1(c2c(F)c(F)c(F)c(F)c2F)CC1. The predicted octanol–water partition coefficient (Wildman–Crippen LogP) is 3.43. The van der Waals surface area contributed by atoms with Crippen molar-refractivity contribution in [2.24, 2.45) is 0 Å². The highest BCUT2D eigenvalue weighted by Crippen LogP contribution is 2.50. The van der Waals surface area contributed by atoms with Crippen molar-refractivity contribution < 1.29 is 22.0 Å². The van der Waals surface area contributed by atoms with Gasteiger partial charge in [-0.3, -0.25) is 0 Å². The topological polar surface area (TPSA) is 0 Å². The Hall–Kier alpha value is -1.13. The van der Waals surface area contributed by atoms with E-state index in [2.05, 4.69) is 0 Å². The van der Waals surface area contributed by atoms with Gasteiger partial charge in [0.15, 0.2) is 23.3 Å². The zero-order valence-electron chi connectivity index (χ0n) is 7.80. The van der Waals surface area contributed by atoms with Crippen LogP contribution in [0.3, 0.4) is 0 Å². The summed E-state index contributed by atoms with van der Waals surface area (Å²) in [7, 11) is 0. The van der Waals surface area contributed by atoms with Gasteiger partial charge in [-0.25, -0.2) is 22.0 Å². The molecule has 1 aromatic carbocycles. The third kappa shape index (κ3) is 1.33. The van der Waals surface area contributed by atoms with E-state index in [0.717, 1.165) is 0 Å². The van der Waals surface area contributed by atoms with Crippen LogP contribution in [0.1, 0.15) is 25.3 Å². The molecule has 1 fully saturated rings. The highest BCUT2D eigenvalue weighted by Gasteiger charge is 2.46. The van der Waals surface area contributed by atoms with Crippen LogP contribution >= 0.6 is 0 Å². The fourth-order valence-electron chi connectivity index (χ4n) is 1.57. The fraction of sp³-hybridized carbons (Fsp3) is 0.400. The van der Waals surface area contributed by atoms with Gasteiger partial charge in [0.25, 0.3) is 0 Å². The lowest BCUT2D eigenvalue weighted by Gasteiger charge is -2.13. The molecule has 0 bridgehead atoms. The van der Waals surface area contributed by atoms with Gasteiger partial charge in [0.1, 0.15) is 0 Å². The third-order valence-electron chi connectivity index (χ3n) is 2.81. The number of rotatable bonds is 1. The van der Waals surface area contributed by atoms with Crippen LogP contribution in [0.5, 0.6) is 0 Å². The van der Waals surface area contributed by atoms with Crippen molar-refractivity contribution in [2.75, 3.05) is 0 Å². The van der Waals surface area contributed by atoms with E-state index in [1.165, 1.54) is 6.92 Å². The smallest absolute Gasteiger partial charge is 0.200 e. The Kier molecular flexibility index (Phi) is 2.03. The third-order valence-corrected chi connectivity index (χ3v) is 2.81. The van der Waals surface area contributed by atoms with Crippen LogP contribution in [0.2, 0.25) is 0 Å². The summed E-state index contributed by atoms with van der Waals surface area (Å²) in [6.07, 6.45) is 0.872. The monoisotopic (exact) mass is 222 g/mol. The molecule has 15 heavy (non-hydrogen) atoms. The summed E-state index contributed by atoms with van der Waals surface area (Å²) >= 11 is 0. The molecule has 1 saturated carbocycles. The average molecular weight is 222 g/mol. The summed E-state index contributed by atoms with van der Waals surface area (Å²) in [6, 6.07) is 0. The molecule has 2 rings (SSSR count). The van der Waals surface area contributed by atoms with Crippen molar-refractivity contribution >= 4 is 0 Å². The van der Waals surface area contributed by atoms with Gasteiger partial charge >= 0.3 is 0 Å². The van der Waals surface area contributed by atoms with E-state index in [-0.39, 0.29) is 0 Å². The Morgan fingerprint density at radius 1 is 0.733 bits per heavy atom. The van der Waals surface area contributed by atoms with E-state index in [4.69, 9.17) is 0 Å². The first-order valence-electron chi connectivity index (χ1n) is 4.40. The van der Waals surface area contributed by atoms with Crippen LogP contribution in [0.25, 0.3) is 0 Å². The van der Waals surface area contributed by atoms with E-state index >= 15 is 0 Å². The maximum atomic E-state index is 13.2. The fourth-order valence-corrected chi connectivity index (χ4v) is 1.57. The minimum absolute atomic E-state index is 0.436. The molecule has 1 aliphatic carbocycles. The largest absolute Gasteiger partial charge is 0.203 e. The molecule has 1 aliphatic rings. The van der Waals surface area contributed by atoms with E-state index in [1.54, 1.807) is 0 Å². The summed E-state index contributed by atoms with van der Waals surface area (Å²) in [6.45, 7) is 1.48. The highest BCUT2D eigenvalue weighted by molar-refractivity contribution is 5.34. The van der Waals surface area contributed by atoms with Crippen molar-refractivity contribution in [3.8, 4) is 0 Å². The van der Waals surface area contributed by atoms with Crippen LogP contribution in [0.15, 0.2) is 0 Å². The molecule has 0 radical (unpaired) electrons. The van der Waals surface area contributed by atoms with Crippen molar-refractivity contribution in [3.05, 3.63) is 34.6 Å². The number of hydrogen-bond donors (Lipinski definition) is 0. The molecule has 82 valence electrons. The lowest BCUT2D eigenvalue weighted by molar-refractivity contribution is 0.363. The highest BCUT2D eigenvalue weighted by atomic mass is 19.2. The number of halogens is 5.